The highest BCUT2D eigenvalue weighted by Crippen LogP contribution is 2.30. The van der Waals surface area contributed by atoms with Crippen molar-refractivity contribution in [2.75, 3.05) is 6.61 Å². The molecule has 0 aliphatic rings. The highest BCUT2D eigenvalue weighted by atomic mass is 79.9. The van der Waals surface area contributed by atoms with Gasteiger partial charge >= 0.3 is 12.3 Å². The molecule has 0 radical (unpaired) electrons. The molecule has 0 saturated heterocycles. The number of aliphatic carboxylic acids is 1. The molecule has 7 nitrogen and oxygen atoms in total. The summed E-state index contributed by atoms with van der Waals surface area (Å²) in [6, 6.07) is 9.78. The van der Waals surface area contributed by atoms with Crippen LogP contribution in [-0.2, 0) is 4.79 Å². The topological polar surface area (TPSA) is 90.7 Å². The van der Waals surface area contributed by atoms with Crippen molar-refractivity contribution in [2.24, 2.45) is 0 Å². The molecule has 0 atom stereocenters. The van der Waals surface area contributed by atoms with E-state index in [2.05, 4.69) is 25.8 Å². The summed E-state index contributed by atoms with van der Waals surface area (Å²) in [5, 5.41) is 12.7. The number of carboxylic acids is 1. The molecular weight excluding hydrogens is 473 g/mol. The molecule has 30 heavy (non-hydrogen) atoms. The van der Waals surface area contributed by atoms with Crippen LogP contribution in [0.2, 0.25) is 0 Å². The van der Waals surface area contributed by atoms with E-state index in [1.165, 1.54) is 42.7 Å². The molecule has 0 aliphatic heterocycles. The van der Waals surface area contributed by atoms with Gasteiger partial charge < -0.3 is 14.6 Å². The van der Waals surface area contributed by atoms with E-state index in [-0.39, 0.29) is 22.6 Å². The molecule has 0 aliphatic carbocycles. The van der Waals surface area contributed by atoms with Crippen LogP contribution < -0.4 is 9.47 Å². The maximum absolute atomic E-state index is 12.9. The van der Waals surface area contributed by atoms with Crippen molar-refractivity contribution in [2.45, 2.75) is 6.36 Å². The number of carboxylic acid groups (broad SMARTS) is 1. The first kappa shape index (κ1) is 21.4. The first-order valence-electron chi connectivity index (χ1n) is 8.23. The molecule has 1 aromatic heterocycles. The van der Waals surface area contributed by atoms with Crippen LogP contribution in [-0.4, -0.2) is 39.6 Å². The number of hydrogen-bond donors (Lipinski definition) is 1. The van der Waals surface area contributed by atoms with Crippen LogP contribution >= 0.6 is 15.9 Å². The molecule has 0 bridgehead atoms. The lowest BCUT2D eigenvalue weighted by atomic mass is 10.1. The number of rotatable bonds is 7. The molecule has 0 spiro atoms. The third-order valence-electron chi connectivity index (χ3n) is 3.72. The fraction of sp³-hybridized carbons (Fsp3) is 0.105. The second kappa shape index (κ2) is 8.57. The summed E-state index contributed by atoms with van der Waals surface area (Å²) in [4.78, 5) is 23.7. The molecule has 1 heterocycles. The summed E-state index contributed by atoms with van der Waals surface area (Å²) >= 11 is 3.23. The Bertz CT molecular complexity index is 1100. The van der Waals surface area contributed by atoms with Gasteiger partial charge in [-0.15, -0.1) is 13.2 Å². The van der Waals surface area contributed by atoms with Crippen molar-refractivity contribution in [1.82, 2.24) is 9.78 Å². The number of ether oxygens (including phenoxy) is 2. The van der Waals surface area contributed by atoms with Crippen molar-refractivity contribution < 1.29 is 37.3 Å². The number of para-hydroxylation sites is 2. The van der Waals surface area contributed by atoms with Gasteiger partial charge in [-0.2, -0.15) is 5.10 Å². The molecule has 11 heteroatoms. The van der Waals surface area contributed by atoms with Crippen LogP contribution in [0.15, 0.2) is 59.3 Å². The van der Waals surface area contributed by atoms with Gasteiger partial charge in [0.1, 0.15) is 11.4 Å². The zero-order valence-corrected chi connectivity index (χ0v) is 16.5. The van der Waals surface area contributed by atoms with Gasteiger partial charge in [0.05, 0.1) is 17.3 Å². The average molecular weight is 485 g/mol. The SMILES string of the molecule is O=C(O)COc1ccc(Br)cc1C(=O)c1cnn(-c2ccccc2OC(F)(F)F)c1. The predicted molar refractivity (Wildman–Crippen MR) is 101 cm³/mol. The average Bonchev–Trinajstić information content (AvgIpc) is 3.15. The lowest BCUT2D eigenvalue weighted by Gasteiger charge is -2.12. The fourth-order valence-corrected chi connectivity index (χ4v) is 2.89. The number of benzene rings is 2. The van der Waals surface area contributed by atoms with Crippen molar-refractivity contribution in [3.8, 4) is 17.2 Å². The van der Waals surface area contributed by atoms with Gasteiger partial charge in [0, 0.05) is 10.7 Å². The van der Waals surface area contributed by atoms with Crippen LogP contribution in [0.5, 0.6) is 11.5 Å². The van der Waals surface area contributed by atoms with Crippen LogP contribution in [0, 0.1) is 0 Å². The van der Waals surface area contributed by atoms with Crippen LogP contribution in [0.25, 0.3) is 5.69 Å². The minimum absolute atomic E-state index is 0.0227. The van der Waals surface area contributed by atoms with E-state index >= 15 is 0 Å². The Hall–Kier alpha value is -3.34. The quantitative estimate of drug-likeness (QED) is 0.504. The first-order valence-corrected chi connectivity index (χ1v) is 9.02. The zero-order chi connectivity index (χ0) is 21.9. The summed E-state index contributed by atoms with van der Waals surface area (Å²) in [5.74, 6) is -2.22. The number of nitrogens with zero attached hydrogens (tertiary/aromatic N) is 2. The van der Waals surface area contributed by atoms with Crippen LogP contribution in [0.4, 0.5) is 13.2 Å². The van der Waals surface area contributed by atoms with Gasteiger partial charge in [-0.1, -0.05) is 28.1 Å². The molecule has 0 amide bonds. The lowest BCUT2D eigenvalue weighted by Crippen LogP contribution is -2.18. The normalized spacial score (nSPS) is 11.2. The van der Waals surface area contributed by atoms with Gasteiger partial charge in [0.15, 0.2) is 18.1 Å². The molecule has 0 fully saturated rings. The second-order valence-electron chi connectivity index (χ2n) is 5.84. The fourth-order valence-electron chi connectivity index (χ4n) is 2.53. The van der Waals surface area contributed by atoms with Crippen molar-refractivity contribution in [3.63, 3.8) is 0 Å². The van der Waals surface area contributed by atoms with Crippen LogP contribution in [0.1, 0.15) is 15.9 Å². The summed E-state index contributed by atoms with van der Waals surface area (Å²) in [5.41, 5.74) is 0.0885. The third-order valence-corrected chi connectivity index (χ3v) is 4.21. The molecule has 1 N–H and O–H groups in total. The molecule has 156 valence electrons. The number of hydrogen-bond acceptors (Lipinski definition) is 5. The van der Waals surface area contributed by atoms with E-state index in [4.69, 9.17) is 9.84 Å². The molecule has 2 aromatic carbocycles. The third kappa shape index (κ3) is 5.17. The lowest BCUT2D eigenvalue weighted by molar-refractivity contribution is -0.274. The van der Waals surface area contributed by atoms with E-state index in [0.717, 1.165) is 10.7 Å². The van der Waals surface area contributed by atoms with Gasteiger partial charge in [-0.25, -0.2) is 9.48 Å². The van der Waals surface area contributed by atoms with Crippen LogP contribution in [0.3, 0.4) is 0 Å². The summed E-state index contributed by atoms with van der Waals surface area (Å²) in [6.45, 7) is -0.649. The predicted octanol–water partition coefficient (Wildman–Crippen LogP) is 4.23. The minimum atomic E-state index is -4.89. The highest BCUT2D eigenvalue weighted by Gasteiger charge is 2.32. The van der Waals surface area contributed by atoms with Crippen molar-refractivity contribution in [1.29, 1.82) is 0 Å². The smallest absolute Gasteiger partial charge is 0.481 e. The maximum Gasteiger partial charge on any atom is 0.573 e. The Morgan fingerprint density at radius 3 is 2.57 bits per heavy atom. The number of ketones is 1. The van der Waals surface area contributed by atoms with Crippen molar-refractivity contribution in [3.05, 3.63) is 70.5 Å². The number of carbonyl (C=O) groups excluding carboxylic acids is 1. The monoisotopic (exact) mass is 484 g/mol. The molecule has 3 rings (SSSR count). The Balaban J connectivity index is 1.94. The Kier molecular flexibility index (Phi) is 6.11. The maximum atomic E-state index is 12.9. The van der Waals surface area contributed by atoms with Crippen molar-refractivity contribution >= 4 is 27.7 Å². The number of halogens is 4. The van der Waals surface area contributed by atoms with E-state index in [1.807, 2.05) is 0 Å². The zero-order valence-electron chi connectivity index (χ0n) is 14.9. The summed E-state index contributed by atoms with van der Waals surface area (Å²) < 4.78 is 48.7. The van der Waals surface area contributed by atoms with Gasteiger partial charge in [-0.3, -0.25) is 4.79 Å². The van der Waals surface area contributed by atoms with E-state index in [1.54, 1.807) is 6.07 Å². The summed E-state index contributed by atoms with van der Waals surface area (Å²) in [7, 11) is 0. The van der Waals surface area contributed by atoms with E-state index in [9.17, 15) is 22.8 Å². The molecule has 3 aromatic rings. The molecule has 0 unspecified atom stereocenters. The standard InChI is InChI=1S/C19H12BrF3N2O5/c20-12-5-6-15(29-10-17(26)27)13(7-12)18(28)11-8-24-25(9-11)14-3-1-2-4-16(14)30-19(21,22)23/h1-9H,10H2,(H,26,27). The summed E-state index contributed by atoms with van der Waals surface area (Å²) in [6.07, 6.45) is -2.48. The Morgan fingerprint density at radius 2 is 1.87 bits per heavy atom. The first-order chi connectivity index (χ1) is 14.1. The van der Waals surface area contributed by atoms with Gasteiger partial charge in [0.2, 0.25) is 0 Å². The number of aromatic nitrogens is 2. The Labute approximate surface area is 175 Å². The number of alkyl halides is 3. The largest absolute Gasteiger partial charge is 0.573 e. The highest BCUT2D eigenvalue weighted by molar-refractivity contribution is 9.10. The minimum Gasteiger partial charge on any atom is -0.481 e. The molecular formula is C19H12BrF3N2O5. The number of carbonyl (C=O) groups is 2. The van der Waals surface area contributed by atoms with Gasteiger partial charge in [0.25, 0.3) is 0 Å². The molecule has 0 saturated carbocycles. The Morgan fingerprint density at radius 1 is 1.13 bits per heavy atom. The second-order valence-corrected chi connectivity index (χ2v) is 6.76. The van der Waals surface area contributed by atoms with Gasteiger partial charge in [-0.05, 0) is 30.3 Å². The van der Waals surface area contributed by atoms with E-state index < -0.39 is 30.5 Å². The van der Waals surface area contributed by atoms with E-state index in [0.29, 0.717) is 4.47 Å².